The molecule has 0 aliphatic carbocycles. The highest BCUT2D eigenvalue weighted by molar-refractivity contribution is 7.89. The van der Waals surface area contributed by atoms with Crippen LogP contribution in [0.3, 0.4) is 0 Å². The number of hydrogen-bond donors (Lipinski definition) is 1. The van der Waals surface area contributed by atoms with E-state index < -0.39 is 10.0 Å². The molecule has 0 spiro atoms. The van der Waals surface area contributed by atoms with Gasteiger partial charge in [-0.15, -0.1) is 0 Å². The van der Waals surface area contributed by atoms with Crippen LogP contribution in [0.2, 0.25) is 0 Å². The van der Waals surface area contributed by atoms with Crippen LogP contribution in [0, 0.1) is 13.8 Å². The second-order valence-corrected chi connectivity index (χ2v) is 7.82. The highest BCUT2D eigenvalue weighted by Gasteiger charge is 2.21. The number of aromatic nitrogens is 1. The summed E-state index contributed by atoms with van der Waals surface area (Å²) in [4.78, 5) is 12.4. The topological polar surface area (TPSA) is 92.5 Å². The van der Waals surface area contributed by atoms with Gasteiger partial charge in [0.05, 0.1) is 10.6 Å². The second kappa shape index (κ2) is 7.14. The minimum absolute atomic E-state index is 0.132. The molecule has 0 saturated carbocycles. The molecule has 0 bridgehead atoms. The van der Waals surface area contributed by atoms with Gasteiger partial charge in [0.2, 0.25) is 10.0 Å². The van der Waals surface area contributed by atoms with Crippen molar-refractivity contribution in [1.82, 2.24) is 14.8 Å². The van der Waals surface area contributed by atoms with Crippen LogP contribution < -0.4 is 5.32 Å². The van der Waals surface area contributed by atoms with Crippen molar-refractivity contribution in [3.05, 3.63) is 46.8 Å². The minimum Gasteiger partial charge on any atom is -0.361 e. The fourth-order valence-corrected chi connectivity index (χ4v) is 3.30. The van der Waals surface area contributed by atoms with Crippen molar-refractivity contribution in [3.63, 3.8) is 0 Å². The molecule has 1 heterocycles. The summed E-state index contributed by atoms with van der Waals surface area (Å²) in [5.41, 5.74) is 1.66. The van der Waals surface area contributed by atoms with Crippen LogP contribution in [0.4, 0.5) is 0 Å². The van der Waals surface area contributed by atoms with E-state index in [2.05, 4.69) is 10.5 Å². The van der Waals surface area contributed by atoms with Gasteiger partial charge in [-0.2, -0.15) is 0 Å². The third-order valence-electron chi connectivity index (χ3n) is 3.55. The van der Waals surface area contributed by atoms with Crippen LogP contribution in [0.1, 0.15) is 27.4 Å². The number of carbonyl (C=O) groups is 1. The highest BCUT2D eigenvalue weighted by Crippen LogP contribution is 2.19. The molecule has 0 unspecified atom stereocenters. The quantitative estimate of drug-likeness (QED) is 0.852. The number of nitrogens with zero attached hydrogens (tertiary/aromatic N) is 2. The molecule has 2 aromatic rings. The standard InChI is InChI=1S/C16H21N3O4S/c1-11-5-6-13(10-15(11)24(21,22)19(3)4)16(20)17-8-7-14-9-12(2)23-18-14/h5-6,9-10H,7-8H2,1-4H3,(H,17,20). The second-order valence-electron chi connectivity index (χ2n) is 5.70. The normalized spacial score (nSPS) is 11.7. The van der Waals surface area contributed by atoms with E-state index in [1.165, 1.54) is 20.2 Å². The molecular weight excluding hydrogens is 330 g/mol. The first-order valence-electron chi connectivity index (χ1n) is 7.45. The molecule has 24 heavy (non-hydrogen) atoms. The van der Waals surface area contributed by atoms with E-state index in [1.807, 2.05) is 0 Å². The number of rotatable bonds is 6. The van der Waals surface area contributed by atoms with Crippen molar-refractivity contribution in [2.45, 2.75) is 25.2 Å². The molecule has 1 aromatic carbocycles. The largest absolute Gasteiger partial charge is 0.361 e. The van der Waals surface area contributed by atoms with Gasteiger partial charge in [-0.25, -0.2) is 12.7 Å². The van der Waals surface area contributed by atoms with Gasteiger partial charge < -0.3 is 9.84 Å². The number of carbonyl (C=O) groups excluding carboxylic acids is 1. The molecule has 0 saturated heterocycles. The van der Waals surface area contributed by atoms with Crippen LogP contribution >= 0.6 is 0 Å². The maximum absolute atomic E-state index is 12.3. The van der Waals surface area contributed by atoms with Crippen molar-refractivity contribution in [2.24, 2.45) is 0 Å². The number of sulfonamides is 1. The molecule has 0 aliphatic rings. The van der Waals surface area contributed by atoms with Crippen molar-refractivity contribution < 1.29 is 17.7 Å². The Morgan fingerprint density at radius 3 is 2.54 bits per heavy atom. The Kier molecular flexibility index (Phi) is 5.40. The van der Waals surface area contributed by atoms with Gasteiger partial charge in [0, 0.05) is 38.7 Å². The van der Waals surface area contributed by atoms with Gasteiger partial charge in [0.25, 0.3) is 5.91 Å². The molecule has 1 aromatic heterocycles. The first-order chi connectivity index (χ1) is 11.2. The Hall–Kier alpha value is -2.19. The Morgan fingerprint density at radius 1 is 1.25 bits per heavy atom. The van der Waals surface area contributed by atoms with Crippen LogP contribution in [-0.2, 0) is 16.4 Å². The summed E-state index contributed by atoms with van der Waals surface area (Å²) in [6, 6.07) is 6.45. The summed E-state index contributed by atoms with van der Waals surface area (Å²) in [6.45, 7) is 3.88. The number of benzene rings is 1. The summed E-state index contributed by atoms with van der Waals surface area (Å²) in [5, 5.41) is 6.61. The number of hydrogen-bond acceptors (Lipinski definition) is 5. The Labute approximate surface area is 141 Å². The molecule has 7 nitrogen and oxygen atoms in total. The average Bonchev–Trinajstić information content (AvgIpc) is 2.92. The predicted molar refractivity (Wildman–Crippen MR) is 89.3 cm³/mol. The van der Waals surface area contributed by atoms with Crippen LogP contribution in [0.25, 0.3) is 0 Å². The fraction of sp³-hybridized carbons (Fsp3) is 0.375. The number of aryl methyl sites for hydroxylation is 2. The summed E-state index contributed by atoms with van der Waals surface area (Å²) < 4.78 is 30.7. The average molecular weight is 351 g/mol. The van der Waals surface area contributed by atoms with E-state index in [0.29, 0.717) is 29.9 Å². The maximum atomic E-state index is 12.3. The smallest absolute Gasteiger partial charge is 0.251 e. The molecule has 1 N–H and O–H groups in total. The lowest BCUT2D eigenvalue weighted by Crippen LogP contribution is -2.27. The Morgan fingerprint density at radius 2 is 1.96 bits per heavy atom. The SMILES string of the molecule is Cc1cc(CCNC(=O)c2ccc(C)c(S(=O)(=O)N(C)C)c2)no1. The molecule has 2 rings (SSSR count). The molecule has 8 heteroatoms. The van der Waals surface area contributed by atoms with Crippen LogP contribution in [0.15, 0.2) is 33.7 Å². The maximum Gasteiger partial charge on any atom is 0.251 e. The molecule has 0 fully saturated rings. The molecular formula is C16H21N3O4S. The first-order valence-corrected chi connectivity index (χ1v) is 8.89. The molecule has 0 aliphatic heterocycles. The Balaban J connectivity index is 2.10. The number of nitrogens with one attached hydrogen (secondary N) is 1. The summed E-state index contributed by atoms with van der Waals surface area (Å²) in [6.07, 6.45) is 0.539. The zero-order chi connectivity index (χ0) is 17.9. The Bertz CT molecular complexity index is 841. The minimum atomic E-state index is -3.59. The first kappa shape index (κ1) is 18.2. The van der Waals surface area contributed by atoms with E-state index >= 15 is 0 Å². The number of amides is 1. The molecule has 0 atom stereocenters. The van der Waals surface area contributed by atoms with Gasteiger partial charge in [0.1, 0.15) is 5.76 Å². The summed E-state index contributed by atoms with van der Waals surface area (Å²) in [5.74, 6) is 0.388. The molecule has 130 valence electrons. The third-order valence-corrected chi connectivity index (χ3v) is 5.51. The lowest BCUT2D eigenvalue weighted by atomic mass is 10.1. The highest BCUT2D eigenvalue weighted by atomic mass is 32.2. The van der Waals surface area contributed by atoms with E-state index in [1.54, 1.807) is 32.0 Å². The zero-order valence-electron chi connectivity index (χ0n) is 14.2. The van der Waals surface area contributed by atoms with Crippen molar-refractivity contribution in [1.29, 1.82) is 0 Å². The summed E-state index contributed by atoms with van der Waals surface area (Å²) >= 11 is 0. The van der Waals surface area contributed by atoms with Crippen LogP contribution in [0.5, 0.6) is 0 Å². The predicted octanol–water partition coefficient (Wildman–Crippen LogP) is 1.51. The van der Waals surface area contributed by atoms with Crippen molar-refractivity contribution in [3.8, 4) is 0 Å². The van der Waals surface area contributed by atoms with E-state index in [9.17, 15) is 13.2 Å². The van der Waals surface area contributed by atoms with Gasteiger partial charge in [-0.3, -0.25) is 4.79 Å². The van der Waals surface area contributed by atoms with Gasteiger partial charge in [-0.05, 0) is 31.5 Å². The zero-order valence-corrected chi connectivity index (χ0v) is 15.0. The fourth-order valence-electron chi connectivity index (χ4n) is 2.16. The van der Waals surface area contributed by atoms with Gasteiger partial charge >= 0.3 is 0 Å². The lowest BCUT2D eigenvalue weighted by Gasteiger charge is -2.14. The summed E-state index contributed by atoms with van der Waals surface area (Å²) in [7, 11) is -0.674. The van der Waals surface area contributed by atoms with Crippen molar-refractivity contribution >= 4 is 15.9 Å². The monoisotopic (exact) mass is 351 g/mol. The van der Waals surface area contributed by atoms with Crippen LogP contribution in [-0.4, -0.2) is 44.4 Å². The third kappa shape index (κ3) is 4.01. The van der Waals surface area contributed by atoms with Crippen molar-refractivity contribution in [2.75, 3.05) is 20.6 Å². The van der Waals surface area contributed by atoms with E-state index in [0.717, 1.165) is 10.00 Å². The molecule has 0 radical (unpaired) electrons. The van der Waals surface area contributed by atoms with Gasteiger partial charge in [0.15, 0.2) is 0 Å². The molecule has 1 amide bonds. The van der Waals surface area contributed by atoms with Gasteiger partial charge in [-0.1, -0.05) is 11.2 Å². The van der Waals surface area contributed by atoms with E-state index in [-0.39, 0.29) is 10.8 Å². The van der Waals surface area contributed by atoms with E-state index in [4.69, 9.17) is 4.52 Å². The lowest BCUT2D eigenvalue weighted by molar-refractivity contribution is 0.0953.